The Hall–Kier alpha value is -2.06. The van der Waals surface area contributed by atoms with Crippen LogP contribution < -0.4 is 4.74 Å². The summed E-state index contributed by atoms with van der Waals surface area (Å²) in [5.74, 6) is 0.410. The fourth-order valence-corrected chi connectivity index (χ4v) is 2.62. The number of rotatable bonds is 5. The van der Waals surface area contributed by atoms with Crippen LogP contribution in [-0.4, -0.2) is 41.7 Å². The van der Waals surface area contributed by atoms with Crippen molar-refractivity contribution < 1.29 is 14.6 Å². The molecule has 5 heteroatoms. The molecule has 0 saturated carbocycles. The summed E-state index contributed by atoms with van der Waals surface area (Å²) in [6.45, 7) is 3.95. The molecule has 2 unspecified atom stereocenters. The molecule has 2 rings (SSSR count). The van der Waals surface area contributed by atoms with Crippen LogP contribution in [0.3, 0.4) is 0 Å². The van der Waals surface area contributed by atoms with Crippen LogP contribution in [0.25, 0.3) is 0 Å². The first-order valence-corrected chi connectivity index (χ1v) is 7.20. The highest BCUT2D eigenvalue weighted by Gasteiger charge is 2.31. The highest BCUT2D eigenvalue weighted by Crippen LogP contribution is 2.22. The van der Waals surface area contributed by atoms with E-state index in [9.17, 15) is 9.90 Å². The molecular formula is C16H20N2O3. The monoisotopic (exact) mass is 288 g/mol. The van der Waals surface area contributed by atoms with Crippen LogP contribution >= 0.6 is 0 Å². The SMILES string of the molecule is CC1CCN(CCOc2ccc(C#N)cc2)C(C(=O)O)C1. The Kier molecular flexibility index (Phi) is 5.18. The fourth-order valence-electron chi connectivity index (χ4n) is 2.62. The molecule has 1 aliphatic rings. The quantitative estimate of drug-likeness (QED) is 0.898. The molecular weight excluding hydrogens is 268 g/mol. The van der Waals surface area contributed by atoms with E-state index in [0.29, 0.717) is 36.8 Å². The highest BCUT2D eigenvalue weighted by molar-refractivity contribution is 5.73. The molecule has 0 bridgehead atoms. The van der Waals surface area contributed by atoms with Crippen molar-refractivity contribution in [3.05, 3.63) is 29.8 Å². The second-order valence-corrected chi connectivity index (χ2v) is 5.50. The molecule has 1 fully saturated rings. The van der Waals surface area contributed by atoms with Crippen molar-refractivity contribution in [2.75, 3.05) is 19.7 Å². The van der Waals surface area contributed by atoms with Gasteiger partial charge < -0.3 is 9.84 Å². The maximum atomic E-state index is 11.3. The average Bonchev–Trinajstić information content (AvgIpc) is 2.49. The largest absolute Gasteiger partial charge is 0.492 e. The van der Waals surface area contributed by atoms with Crippen LogP contribution in [0.2, 0.25) is 0 Å². The standard InChI is InChI=1S/C16H20N2O3/c1-12-6-7-18(15(10-12)16(19)20)8-9-21-14-4-2-13(11-17)3-5-14/h2-5,12,15H,6-10H2,1H3,(H,19,20). The van der Waals surface area contributed by atoms with Gasteiger partial charge in [0.25, 0.3) is 0 Å². The number of ether oxygens (including phenoxy) is 1. The average molecular weight is 288 g/mol. The van der Waals surface area contributed by atoms with Crippen molar-refractivity contribution in [2.45, 2.75) is 25.8 Å². The number of hydrogen-bond donors (Lipinski definition) is 1. The number of carboxylic acids is 1. The van der Waals surface area contributed by atoms with Crippen LogP contribution in [0, 0.1) is 17.2 Å². The highest BCUT2D eigenvalue weighted by atomic mass is 16.5. The number of nitrogens with zero attached hydrogens (tertiary/aromatic N) is 2. The third-order valence-electron chi connectivity index (χ3n) is 3.89. The normalized spacial score (nSPS) is 22.5. The van der Waals surface area contributed by atoms with Gasteiger partial charge in [-0.1, -0.05) is 6.92 Å². The number of nitriles is 1. The Bertz CT molecular complexity index is 521. The smallest absolute Gasteiger partial charge is 0.320 e. The van der Waals surface area contributed by atoms with Crippen LogP contribution in [-0.2, 0) is 4.79 Å². The molecule has 21 heavy (non-hydrogen) atoms. The Balaban J connectivity index is 1.84. The van der Waals surface area contributed by atoms with Crippen molar-refractivity contribution in [1.82, 2.24) is 4.90 Å². The molecule has 0 amide bonds. The van der Waals surface area contributed by atoms with Crippen LogP contribution in [0.15, 0.2) is 24.3 Å². The van der Waals surface area contributed by atoms with Gasteiger partial charge in [0, 0.05) is 6.54 Å². The summed E-state index contributed by atoms with van der Waals surface area (Å²) in [7, 11) is 0. The Morgan fingerprint density at radius 3 is 2.81 bits per heavy atom. The molecule has 0 spiro atoms. The van der Waals surface area contributed by atoms with E-state index in [1.807, 2.05) is 4.90 Å². The van der Waals surface area contributed by atoms with Gasteiger partial charge in [0.15, 0.2) is 0 Å². The number of piperidine rings is 1. The molecule has 1 aromatic rings. The zero-order valence-corrected chi connectivity index (χ0v) is 12.2. The second-order valence-electron chi connectivity index (χ2n) is 5.50. The fraction of sp³-hybridized carbons (Fsp3) is 0.500. The third-order valence-corrected chi connectivity index (χ3v) is 3.89. The number of hydrogen-bond acceptors (Lipinski definition) is 4. The summed E-state index contributed by atoms with van der Waals surface area (Å²) in [4.78, 5) is 13.3. The molecule has 1 aliphatic heterocycles. The van der Waals surface area contributed by atoms with Gasteiger partial charge in [0.05, 0.1) is 11.6 Å². The summed E-state index contributed by atoms with van der Waals surface area (Å²) in [5.41, 5.74) is 0.596. The van der Waals surface area contributed by atoms with Gasteiger partial charge in [-0.15, -0.1) is 0 Å². The lowest BCUT2D eigenvalue weighted by Gasteiger charge is -2.35. The van der Waals surface area contributed by atoms with Crippen LogP contribution in [0.4, 0.5) is 0 Å². The molecule has 1 saturated heterocycles. The molecule has 0 aromatic heterocycles. The minimum atomic E-state index is -0.750. The van der Waals surface area contributed by atoms with Crippen molar-refractivity contribution in [3.63, 3.8) is 0 Å². The van der Waals surface area contributed by atoms with E-state index in [4.69, 9.17) is 10.00 Å². The molecule has 5 nitrogen and oxygen atoms in total. The maximum absolute atomic E-state index is 11.3. The molecule has 2 atom stereocenters. The lowest BCUT2D eigenvalue weighted by molar-refractivity contribution is -0.145. The number of carbonyl (C=O) groups is 1. The Morgan fingerprint density at radius 1 is 1.48 bits per heavy atom. The molecule has 1 N–H and O–H groups in total. The van der Waals surface area contributed by atoms with E-state index in [1.165, 1.54) is 0 Å². The summed E-state index contributed by atoms with van der Waals surface area (Å²) in [5, 5.41) is 18.0. The van der Waals surface area contributed by atoms with Crippen LogP contribution in [0.1, 0.15) is 25.3 Å². The van der Waals surface area contributed by atoms with E-state index in [2.05, 4.69) is 13.0 Å². The predicted molar refractivity (Wildman–Crippen MR) is 78.0 cm³/mol. The zero-order chi connectivity index (χ0) is 15.2. The topological polar surface area (TPSA) is 73.6 Å². The summed E-state index contributed by atoms with van der Waals surface area (Å²) in [6, 6.07) is 8.57. The van der Waals surface area contributed by atoms with Gasteiger partial charge in [-0.2, -0.15) is 5.26 Å². The van der Waals surface area contributed by atoms with Gasteiger partial charge in [0.2, 0.25) is 0 Å². The van der Waals surface area contributed by atoms with E-state index in [1.54, 1.807) is 24.3 Å². The first kappa shape index (κ1) is 15.3. The van der Waals surface area contributed by atoms with Crippen molar-refractivity contribution in [3.8, 4) is 11.8 Å². The zero-order valence-electron chi connectivity index (χ0n) is 12.2. The van der Waals surface area contributed by atoms with Gasteiger partial charge in [0.1, 0.15) is 18.4 Å². The number of benzene rings is 1. The minimum absolute atomic E-state index is 0.404. The third kappa shape index (κ3) is 4.20. The second kappa shape index (κ2) is 7.09. The lowest BCUT2D eigenvalue weighted by Crippen LogP contribution is -2.48. The Morgan fingerprint density at radius 2 is 2.19 bits per heavy atom. The van der Waals surface area contributed by atoms with E-state index < -0.39 is 12.0 Å². The van der Waals surface area contributed by atoms with Crippen molar-refractivity contribution in [2.24, 2.45) is 5.92 Å². The maximum Gasteiger partial charge on any atom is 0.320 e. The Labute approximate surface area is 124 Å². The summed E-state index contributed by atoms with van der Waals surface area (Å²) in [6.07, 6.45) is 1.73. The minimum Gasteiger partial charge on any atom is -0.492 e. The first-order chi connectivity index (χ1) is 10.1. The first-order valence-electron chi connectivity index (χ1n) is 7.20. The molecule has 0 aliphatic carbocycles. The van der Waals surface area contributed by atoms with Crippen molar-refractivity contribution >= 4 is 5.97 Å². The van der Waals surface area contributed by atoms with Crippen LogP contribution in [0.5, 0.6) is 5.75 Å². The molecule has 112 valence electrons. The predicted octanol–water partition coefficient (Wildman–Crippen LogP) is 2.12. The lowest BCUT2D eigenvalue weighted by atomic mass is 9.92. The number of carboxylic acid groups (broad SMARTS) is 1. The van der Waals surface area contributed by atoms with Gasteiger partial charge in [-0.25, -0.2) is 0 Å². The van der Waals surface area contributed by atoms with Gasteiger partial charge >= 0.3 is 5.97 Å². The summed E-state index contributed by atoms with van der Waals surface area (Å²) >= 11 is 0. The van der Waals surface area contributed by atoms with E-state index >= 15 is 0 Å². The number of likely N-dealkylation sites (tertiary alicyclic amines) is 1. The van der Waals surface area contributed by atoms with Gasteiger partial charge in [-0.05, 0) is 49.6 Å². The van der Waals surface area contributed by atoms with Crippen molar-refractivity contribution in [1.29, 1.82) is 5.26 Å². The molecule has 1 aromatic carbocycles. The van der Waals surface area contributed by atoms with E-state index in [-0.39, 0.29) is 0 Å². The molecule has 0 radical (unpaired) electrons. The molecule has 1 heterocycles. The van der Waals surface area contributed by atoms with E-state index in [0.717, 1.165) is 13.0 Å². The van der Waals surface area contributed by atoms with Gasteiger partial charge in [-0.3, -0.25) is 9.69 Å². The number of aliphatic carboxylic acids is 1. The summed E-state index contributed by atoms with van der Waals surface area (Å²) < 4.78 is 5.62.